The van der Waals surface area contributed by atoms with Crippen LogP contribution >= 0.6 is 0 Å². The van der Waals surface area contributed by atoms with Gasteiger partial charge in [-0.3, -0.25) is 4.79 Å². The largest absolute Gasteiger partial charge is 0.478 e. The summed E-state index contributed by atoms with van der Waals surface area (Å²) in [6, 6.07) is 8.39. The summed E-state index contributed by atoms with van der Waals surface area (Å²) in [7, 11) is 1.59. The summed E-state index contributed by atoms with van der Waals surface area (Å²) in [5.41, 5.74) is 0.835. The van der Waals surface area contributed by atoms with Crippen molar-refractivity contribution in [3.8, 4) is 0 Å². The highest BCUT2D eigenvalue weighted by Crippen LogP contribution is 2.19. The quantitative estimate of drug-likeness (QED) is 0.767. The molecule has 0 saturated carbocycles. The SMILES string of the molecule is CNC(=O)CCNc1ccc2c(C(=O)O)cccc2n1. The van der Waals surface area contributed by atoms with Gasteiger partial charge in [0.1, 0.15) is 5.82 Å². The highest BCUT2D eigenvalue weighted by molar-refractivity contribution is 6.02. The molecule has 0 unspecified atom stereocenters. The Morgan fingerprint density at radius 1 is 1.25 bits per heavy atom. The Kier molecular flexibility index (Phi) is 4.14. The van der Waals surface area contributed by atoms with Crippen molar-refractivity contribution in [3.63, 3.8) is 0 Å². The second-order valence-corrected chi connectivity index (χ2v) is 4.22. The van der Waals surface area contributed by atoms with Crippen LogP contribution in [0.3, 0.4) is 0 Å². The van der Waals surface area contributed by atoms with Crippen molar-refractivity contribution in [2.75, 3.05) is 18.9 Å². The van der Waals surface area contributed by atoms with Gasteiger partial charge in [0.2, 0.25) is 5.91 Å². The molecule has 1 heterocycles. The number of fused-ring (bicyclic) bond motifs is 1. The number of aromatic nitrogens is 1. The number of carboxylic acid groups (broad SMARTS) is 1. The van der Waals surface area contributed by atoms with Crippen LogP contribution in [0.2, 0.25) is 0 Å². The van der Waals surface area contributed by atoms with E-state index in [9.17, 15) is 9.59 Å². The van der Waals surface area contributed by atoms with Crippen LogP contribution in [0.25, 0.3) is 10.9 Å². The number of rotatable bonds is 5. The molecule has 20 heavy (non-hydrogen) atoms. The molecule has 6 nitrogen and oxygen atoms in total. The summed E-state index contributed by atoms with van der Waals surface area (Å²) >= 11 is 0. The normalized spacial score (nSPS) is 10.2. The lowest BCUT2D eigenvalue weighted by Gasteiger charge is -2.07. The second-order valence-electron chi connectivity index (χ2n) is 4.22. The molecule has 0 aliphatic heterocycles. The summed E-state index contributed by atoms with van der Waals surface area (Å²) in [4.78, 5) is 26.5. The Hall–Kier alpha value is -2.63. The van der Waals surface area contributed by atoms with Crippen molar-refractivity contribution in [3.05, 3.63) is 35.9 Å². The summed E-state index contributed by atoms with van der Waals surface area (Å²) in [5.74, 6) is -0.409. The average molecular weight is 273 g/mol. The third kappa shape index (κ3) is 3.03. The lowest BCUT2D eigenvalue weighted by molar-refractivity contribution is -0.120. The van der Waals surface area contributed by atoms with E-state index in [4.69, 9.17) is 5.11 Å². The third-order valence-electron chi connectivity index (χ3n) is 2.90. The molecule has 0 radical (unpaired) electrons. The maximum Gasteiger partial charge on any atom is 0.336 e. The van der Waals surface area contributed by atoms with Gasteiger partial charge in [-0.25, -0.2) is 9.78 Å². The fraction of sp³-hybridized carbons (Fsp3) is 0.214. The van der Waals surface area contributed by atoms with Gasteiger partial charge in [0.25, 0.3) is 0 Å². The monoisotopic (exact) mass is 273 g/mol. The topological polar surface area (TPSA) is 91.3 Å². The number of pyridine rings is 1. The van der Waals surface area contributed by atoms with Gasteiger partial charge in [0, 0.05) is 25.4 Å². The minimum atomic E-state index is -0.974. The fourth-order valence-electron chi connectivity index (χ4n) is 1.87. The third-order valence-corrected chi connectivity index (χ3v) is 2.90. The number of carbonyl (C=O) groups is 2. The van der Waals surface area contributed by atoms with E-state index >= 15 is 0 Å². The Morgan fingerprint density at radius 3 is 2.75 bits per heavy atom. The van der Waals surface area contributed by atoms with Crippen LogP contribution in [0.15, 0.2) is 30.3 Å². The van der Waals surface area contributed by atoms with E-state index < -0.39 is 5.97 Å². The minimum absolute atomic E-state index is 0.0496. The first kappa shape index (κ1) is 13.8. The van der Waals surface area contributed by atoms with Gasteiger partial charge in [0.15, 0.2) is 0 Å². The first-order chi connectivity index (χ1) is 9.61. The lowest BCUT2D eigenvalue weighted by atomic mass is 10.1. The van der Waals surface area contributed by atoms with Gasteiger partial charge < -0.3 is 15.7 Å². The highest BCUT2D eigenvalue weighted by Gasteiger charge is 2.09. The molecule has 1 aromatic heterocycles. The average Bonchev–Trinajstić information content (AvgIpc) is 2.46. The molecule has 0 aliphatic carbocycles. The van der Waals surface area contributed by atoms with Crippen molar-refractivity contribution in [2.24, 2.45) is 0 Å². The Labute approximate surface area is 115 Å². The van der Waals surface area contributed by atoms with Gasteiger partial charge >= 0.3 is 5.97 Å². The lowest BCUT2D eigenvalue weighted by Crippen LogP contribution is -2.21. The molecule has 2 rings (SSSR count). The van der Waals surface area contributed by atoms with Crippen LogP contribution in [0.1, 0.15) is 16.8 Å². The molecule has 0 saturated heterocycles. The first-order valence-electron chi connectivity index (χ1n) is 6.19. The summed E-state index contributed by atoms with van der Waals surface area (Å²) < 4.78 is 0. The predicted octanol–water partition coefficient (Wildman–Crippen LogP) is 1.48. The van der Waals surface area contributed by atoms with Crippen molar-refractivity contribution in [2.45, 2.75) is 6.42 Å². The number of carboxylic acids is 1. The van der Waals surface area contributed by atoms with E-state index in [0.717, 1.165) is 0 Å². The van der Waals surface area contributed by atoms with Crippen LogP contribution in [0.4, 0.5) is 5.82 Å². The highest BCUT2D eigenvalue weighted by atomic mass is 16.4. The van der Waals surface area contributed by atoms with Crippen molar-refractivity contribution in [1.82, 2.24) is 10.3 Å². The molecule has 6 heteroatoms. The van der Waals surface area contributed by atoms with Gasteiger partial charge in [-0.2, -0.15) is 0 Å². The molecule has 3 N–H and O–H groups in total. The number of aromatic carboxylic acids is 1. The van der Waals surface area contributed by atoms with Gasteiger partial charge in [-0.05, 0) is 24.3 Å². The number of hydrogen-bond acceptors (Lipinski definition) is 4. The molecule has 0 bridgehead atoms. The van der Waals surface area contributed by atoms with Gasteiger partial charge in [0.05, 0.1) is 11.1 Å². The van der Waals surface area contributed by atoms with Crippen LogP contribution in [-0.4, -0.2) is 35.6 Å². The van der Waals surface area contributed by atoms with Gasteiger partial charge in [-0.1, -0.05) is 6.07 Å². The predicted molar refractivity (Wildman–Crippen MR) is 75.9 cm³/mol. The molecule has 2 aromatic rings. The zero-order valence-corrected chi connectivity index (χ0v) is 11.0. The summed E-state index contributed by atoms with van der Waals surface area (Å²) in [5, 5.41) is 15.3. The number of nitrogens with one attached hydrogen (secondary N) is 2. The summed E-state index contributed by atoms with van der Waals surface area (Å²) in [6.45, 7) is 0.469. The van der Waals surface area contributed by atoms with Crippen molar-refractivity contribution >= 4 is 28.6 Å². The zero-order chi connectivity index (χ0) is 14.5. The van der Waals surface area contributed by atoms with E-state index in [1.54, 1.807) is 37.4 Å². The van der Waals surface area contributed by atoms with E-state index in [2.05, 4.69) is 15.6 Å². The van der Waals surface area contributed by atoms with Crippen LogP contribution in [0.5, 0.6) is 0 Å². The maximum absolute atomic E-state index is 11.1. The van der Waals surface area contributed by atoms with Gasteiger partial charge in [-0.15, -0.1) is 0 Å². The number of anilines is 1. The number of carbonyl (C=O) groups excluding carboxylic acids is 1. The van der Waals surface area contributed by atoms with E-state index in [-0.39, 0.29) is 11.5 Å². The van der Waals surface area contributed by atoms with E-state index in [1.165, 1.54) is 0 Å². The maximum atomic E-state index is 11.1. The smallest absolute Gasteiger partial charge is 0.336 e. The molecule has 0 spiro atoms. The number of nitrogens with zero attached hydrogens (tertiary/aromatic N) is 1. The molecule has 104 valence electrons. The summed E-state index contributed by atoms with van der Waals surface area (Å²) in [6.07, 6.45) is 0.353. The fourth-order valence-corrected chi connectivity index (χ4v) is 1.87. The molecule has 0 aliphatic rings. The Bertz CT molecular complexity index is 655. The molecule has 1 amide bonds. The molecular formula is C14H15N3O3. The first-order valence-corrected chi connectivity index (χ1v) is 6.19. The van der Waals surface area contributed by atoms with Crippen LogP contribution in [0, 0.1) is 0 Å². The molecule has 1 aromatic carbocycles. The Morgan fingerprint density at radius 2 is 2.05 bits per heavy atom. The zero-order valence-electron chi connectivity index (χ0n) is 11.0. The number of hydrogen-bond donors (Lipinski definition) is 3. The number of amides is 1. The standard InChI is InChI=1S/C14H15N3O3/c1-15-13(18)7-8-16-12-6-5-9-10(14(19)20)3-2-4-11(9)17-12/h2-6H,7-8H2,1H3,(H,15,18)(H,16,17)(H,19,20). The molecule has 0 atom stereocenters. The van der Waals surface area contributed by atoms with Crippen LogP contribution < -0.4 is 10.6 Å². The molecule has 0 fully saturated rings. The molecular weight excluding hydrogens is 258 g/mol. The van der Waals surface area contributed by atoms with E-state index in [0.29, 0.717) is 29.7 Å². The number of benzene rings is 1. The Balaban J connectivity index is 2.18. The van der Waals surface area contributed by atoms with Crippen molar-refractivity contribution in [1.29, 1.82) is 0 Å². The van der Waals surface area contributed by atoms with Crippen LogP contribution in [-0.2, 0) is 4.79 Å². The second kappa shape index (κ2) is 6.01. The van der Waals surface area contributed by atoms with Crippen molar-refractivity contribution < 1.29 is 14.7 Å². The van der Waals surface area contributed by atoms with E-state index in [1.807, 2.05) is 0 Å². The minimum Gasteiger partial charge on any atom is -0.478 e.